The van der Waals surface area contributed by atoms with E-state index < -0.39 is 17.6 Å². The average Bonchev–Trinajstić information content (AvgIpc) is 2.76. The van der Waals surface area contributed by atoms with Crippen molar-refractivity contribution >= 4 is 28.2 Å². The molecule has 3 aromatic rings. The SMILES string of the molecule is O=C(Cn1ccc(=O)c2ccccc21)Nc1cc(C(F)(F)F)ccc1N1CCCCC1. The maximum atomic E-state index is 13.3. The standard InChI is InChI=1S/C23H22F3N3O2/c24-23(25,26)16-8-9-20(28-11-4-1-5-12-28)18(14-16)27-22(31)15-29-13-10-21(30)17-6-2-3-7-19(17)29/h2-3,6-10,13-14H,1,4-5,11-12,15H2,(H,27,31). The summed E-state index contributed by atoms with van der Waals surface area (Å²) in [4.78, 5) is 26.8. The topological polar surface area (TPSA) is 54.3 Å². The first-order chi connectivity index (χ1) is 14.8. The van der Waals surface area contributed by atoms with Crippen LogP contribution in [0.5, 0.6) is 0 Å². The van der Waals surface area contributed by atoms with Crippen LogP contribution in [0.15, 0.2) is 59.5 Å². The molecule has 0 saturated carbocycles. The first-order valence-electron chi connectivity index (χ1n) is 10.2. The Kier molecular flexibility index (Phi) is 5.71. The Morgan fingerprint density at radius 3 is 2.48 bits per heavy atom. The number of para-hydroxylation sites is 1. The number of carbonyl (C=O) groups excluding carboxylic acids is 1. The van der Waals surface area contributed by atoms with Crippen LogP contribution in [0, 0.1) is 0 Å². The van der Waals surface area contributed by atoms with Gasteiger partial charge in [-0.25, -0.2) is 0 Å². The fourth-order valence-corrected chi connectivity index (χ4v) is 3.97. The van der Waals surface area contributed by atoms with Gasteiger partial charge in [0.1, 0.15) is 6.54 Å². The van der Waals surface area contributed by atoms with Gasteiger partial charge in [0.15, 0.2) is 5.43 Å². The second kappa shape index (κ2) is 8.45. The Hall–Kier alpha value is -3.29. The van der Waals surface area contributed by atoms with Crippen molar-refractivity contribution in [3.63, 3.8) is 0 Å². The lowest BCUT2D eigenvalue weighted by atomic mass is 10.1. The molecule has 31 heavy (non-hydrogen) atoms. The predicted octanol–water partition coefficient (Wildman–Crippen LogP) is 4.65. The molecule has 4 rings (SSSR count). The number of piperidine rings is 1. The zero-order chi connectivity index (χ0) is 22.0. The monoisotopic (exact) mass is 429 g/mol. The van der Waals surface area contributed by atoms with E-state index in [4.69, 9.17) is 0 Å². The van der Waals surface area contributed by atoms with Crippen molar-refractivity contribution in [2.75, 3.05) is 23.3 Å². The summed E-state index contributed by atoms with van der Waals surface area (Å²) in [5.74, 6) is -0.466. The van der Waals surface area contributed by atoms with E-state index in [1.807, 2.05) is 4.90 Å². The quantitative estimate of drug-likeness (QED) is 0.657. The Morgan fingerprint density at radius 2 is 1.74 bits per heavy atom. The van der Waals surface area contributed by atoms with Gasteiger partial charge in [0.05, 0.1) is 22.5 Å². The molecule has 1 aromatic heterocycles. The molecule has 0 atom stereocenters. The van der Waals surface area contributed by atoms with Gasteiger partial charge >= 0.3 is 6.18 Å². The molecule has 0 radical (unpaired) electrons. The van der Waals surface area contributed by atoms with Gasteiger partial charge in [0.2, 0.25) is 5.91 Å². The van der Waals surface area contributed by atoms with Crippen molar-refractivity contribution in [2.24, 2.45) is 0 Å². The van der Waals surface area contributed by atoms with E-state index in [2.05, 4.69) is 5.32 Å². The van der Waals surface area contributed by atoms with Crippen LogP contribution in [0.4, 0.5) is 24.5 Å². The van der Waals surface area contributed by atoms with Crippen molar-refractivity contribution in [3.05, 3.63) is 70.5 Å². The van der Waals surface area contributed by atoms with Crippen LogP contribution in [-0.4, -0.2) is 23.6 Å². The van der Waals surface area contributed by atoms with Gasteiger partial charge in [-0.15, -0.1) is 0 Å². The lowest BCUT2D eigenvalue weighted by molar-refractivity contribution is -0.137. The summed E-state index contributed by atoms with van der Waals surface area (Å²) in [5, 5.41) is 3.15. The number of amides is 1. The van der Waals surface area contributed by atoms with Crippen molar-refractivity contribution in [3.8, 4) is 0 Å². The molecule has 0 spiro atoms. The Labute approximate surface area is 177 Å². The second-order valence-corrected chi connectivity index (χ2v) is 7.65. The second-order valence-electron chi connectivity index (χ2n) is 7.65. The number of alkyl halides is 3. The predicted molar refractivity (Wildman–Crippen MR) is 114 cm³/mol. The number of nitrogens with one attached hydrogen (secondary N) is 1. The van der Waals surface area contributed by atoms with Crippen LogP contribution < -0.4 is 15.6 Å². The van der Waals surface area contributed by atoms with E-state index >= 15 is 0 Å². The van der Waals surface area contributed by atoms with Crippen molar-refractivity contribution < 1.29 is 18.0 Å². The number of benzene rings is 2. The Morgan fingerprint density at radius 1 is 1.00 bits per heavy atom. The Balaban J connectivity index is 1.64. The number of hydrogen-bond acceptors (Lipinski definition) is 3. The maximum Gasteiger partial charge on any atom is 0.416 e. The largest absolute Gasteiger partial charge is 0.416 e. The molecule has 2 heterocycles. The molecule has 1 saturated heterocycles. The van der Waals surface area contributed by atoms with Gasteiger partial charge in [-0.2, -0.15) is 13.2 Å². The molecule has 1 amide bonds. The molecular formula is C23H22F3N3O2. The highest BCUT2D eigenvalue weighted by atomic mass is 19.4. The molecule has 0 unspecified atom stereocenters. The van der Waals surface area contributed by atoms with E-state index in [0.717, 1.165) is 44.5 Å². The van der Waals surface area contributed by atoms with Gasteiger partial charge in [0.25, 0.3) is 0 Å². The summed E-state index contributed by atoms with van der Waals surface area (Å²) in [6, 6.07) is 11.7. The van der Waals surface area contributed by atoms with Crippen LogP contribution in [-0.2, 0) is 17.5 Å². The molecule has 1 aliphatic rings. The summed E-state index contributed by atoms with van der Waals surface area (Å²) in [5.41, 5.74) is 0.359. The fourth-order valence-electron chi connectivity index (χ4n) is 3.97. The van der Waals surface area contributed by atoms with E-state index in [0.29, 0.717) is 16.6 Å². The third-order valence-electron chi connectivity index (χ3n) is 5.49. The molecule has 0 bridgehead atoms. The molecule has 1 N–H and O–H groups in total. The number of anilines is 2. The third kappa shape index (κ3) is 4.57. The first-order valence-corrected chi connectivity index (χ1v) is 10.2. The molecule has 1 aliphatic heterocycles. The summed E-state index contributed by atoms with van der Waals surface area (Å²) in [6.45, 7) is 1.34. The van der Waals surface area contributed by atoms with Gasteiger partial charge in [-0.1, -0.05) is 12.1 Å². The molecule has 5 nitrogen and oxygen atoms in total. The first kappa shape index (κ1) is 21.0. The minimum absolute atomic E-state index is 0.128. The zero-order valence-electron chi connectivity index (χ0n) is 16.8. The molecule has 8 heteroatoms. The van der Waals surface area contributed by atoms with Crippen LogP contribution >= 0.6 is 0 Å². The molecular weight excluding hydrogens is 407 g/mol. The number of nitrogens with zero attached hydrogens (tertiary/aromatic N) is 2. The molecule has 2 aromatic carbocycles. The van der Waals surface area contributed by atoms with Crippen molar-refractivity contribution in [1.29, 1.82) is 0 Å². The van der Waals surface area contributed by atoms with E-state index in [-0.39, 0.29) is 17.7 Å². The van der Waals surface area contributed by atoms with Crippen LogP contribution in [0.25, 0.3) is 10.9 Å². The number of carbonyl (C=O) groups is 1. The highest BCUT2D eigenvalue weighted by Gasteiger charge is 2.32. The normalized spacial score (nSPS) is 14.6. The van der Waals surface area contributed by atoms with E-state index in [1.165, 1.54) is 18.3 Å². The Bertz CT molecular complexity index is 1160. The highest BCUT2D eigenvalue weighted by molar-refractivity contribution is 5.95. The highest BCUT2D eigenvalue weighted by Crippen LogP contribution is 2.36. The smallest absolute Gasteiger partial charge is 0.370 e. The van der Waals surface area contributed by atoms with E-state index in [9.17, 15) is 22.8 Å². The van der Waals surface area contributed by atoms with Gasteiger partial charge < -0.3 is 14.8 Å². The number of halogens is 3. The number of fused-ring (bicyclic) bond motifs is 1. The van der Waals surface area contributed by atoms with Crippen LogP contribution in [0.2, 0.25) is 0 Å². The van der Waals surface area contributed by atoms with Crippen molar-refractivity contribution in [1.82, 2.24) is 4.57 Å². The van der Waals surface area contributed by atoms with Gasteiger partial charge in [0, 0.05) is 30.7 Å². The van der Waals surface area contributed by atoms with Crippen LogP contribution in [0.3, 0.4) is 0 Å². The average molecular weight is 429 g/mol. The summed E-state index contributed by atoms with van der Waals surface area (Å²) in [6.07, 6.45) is 0.00455. The minimum Gasteiger partial charge on any atom is -0.370 e. The summed E-state index contributed by atoms with van der Waals surface area (Å²) in [7, 11) is 0. The summed E-state index contributed by atoms with van der Waals surface area (Å²) < 4.78 is 41.4. The number of aromatic nitrogens is 1. The van der Waals surface area contributed by atoms with Crippen molar-refractivity contribution in [2.45, 2.75) is 32.0 Å². The maximum absolute atomic E-state index is 13.3. The van der Waals surface area contributed by atoms with Gasteiger partial charge in [-0.05, 0) is 49.6 Å². The number of rotatable bonds is 4. The molecule has 162 valence electrons. The summed E-state index contributed by atoms with van der Waals surface area (Å²) >= 11 is 0. The third-order valence-corrected chi connectivity index (χ3v) is 5.49. The fraction of sp³-hybridized carbons (Fsp3) is 0.304. The van der Waals surface area contributed by atoms with Gasteiger partial charge in [-0.3, -0.25) is 9.59 Å². The minimum atomic E-state index is -4.51. The zero-order valence-corrected chi connectivity index (χ0v) is 16.8. The lowest BCUT2D eigenvalue weighted by Crippen LogP contribution is -2.31. The molecule has 0 aliphatic carbocycles. The molecule has 1 fully saturated rings. The van der Waals surface area contributed by atoms with Crippen LogP contribution in [0.1, 0.15) is 24.8 Å². The number of hydrogen-bond donors (Lipinski definition) is 1. The van der Waals surface area contributed by atoms with E-state index in [1.54, 1.807) is 28.8 Å². The number of pyridine rings is 1. The lowest BCUT2D eigenvalue weighted by Gasteiger charge is -2.31.